The lowest BCUT2D eigenvalue weighted by Gasteiger charge is -2.28. The van der Waals surface area contributed by atoms with E-state index < -0.39 is 24.3 Å². The number of hydrogen-bond donors (Lipinski definition) is 1. The number of anilines is 1. The molecule has 0 saturated heterocycles. The zero-order valence-corrected chi connectivity index (χ0v) is 9.49. The lowest BCUT2D eigenvalue weighted by Crippen LogP contribution is -2.44. The van der Waals surface area contributed by atoms with Gasteiger partial charge >= 0.3 is 11.9 Å². The summed E-state index contributed by atoms with van der Waals surface area (Å²) in [6, 6.07) is 4.48. The highest BCUT2D eigenvalue weighted by molar-refractivity contribution is 6.04. The van der Waals surface area contributed by atoms with Crippen LogP contribution in [0, 0.1) is 0 Å². The van der Waals surface area contributed by atoms with Crippen LogP contribution in [0.4, 0.5) is 18.9 Å². The first-order chi connectivity index (χ1) is 8.87. The molecule has 2 heterocycles. The molecule has 1 aromatic carbocycles. The summed E-state index contributed by atoms with van der Waals surface area (Å²) in [5.41, 5.74) is 0.352. The second kappa shape index (κ2) is 3.62. The lowest BCUT2D eigenvalue weighted by molar-refractivity contribution is -0.133. The molecular formula is C11H8F3N3O2. The van der Waals surface area contributed by atoms with Crippen molar-refractivity contribution >= 4 is 22.6 Å². The van der Waals surface area contributed by atoms with Crippen molar-refractivity contribution in [3.63, 3.8) is 0 Å². The van der Waals surface area contributed by atoms with Gasteiger partial charge in [-0.05, 0) is 12.1 Å². The number of imidazole rings is 1. The minimum Gasteiger partial charge on any atom is -0.305 e. The Hall–Kier alpha value is -2.25. The number of amides is 1. The van der Waals surface area contributed by atoms with E-state index in [1.54, 1.807) is 6.07 Å². The Bertz CT molecular complexity index is 729. The Morgan fingerprint density at radius 1 is 1.26 bits per heavy atom. The van der Waals surface area contributed by atoms with Crippen LogP contribution in [0.2, 0.25) is 0 Å². The Balaban J connectivity index is 2.23. The molecule has 19 heavy (non-hydrogen) atoms. The van der Waals surface area contributed by atoms with Crippen molar-refractivity contribution in [2.45, 2.75) is 12.7 Å². The van der Waals surface area contributed by atoms with Crippen molar-refractivity contribution in [3.05, 3.63) is 28.7 Å². The summed E-state index contributed by atoms with van der Waals surface area (Å²) in [7, 11) is 0. The maximum absolute atomic E-state index is 12.5. The highest BCUT2D eigenvalue weighted by atomic mass is 19.4. The van der Waals surface area contributed by atoms with Crippen molar-refractivity contribution in [2.24, 2.45) is 0 Å². The topological polar surface area (TPSA) is 58.1 Å². The third-order valence-electron chi connectivity index (χ3n) is 2.99. The van der Waals surface area contributed by atoms with E-state index in [9.17, 15) is 22.8 Å². The van der Waals surface area contributed by atoms with Crippen LogP contribution in [0.3, 0.4) is 0 Å². The Labute approximate surface area is 104 Å². The van der Waals surface area contributed by atoms with Gasteiger partial charge in [-0.15, -0.1) is 0 Å². The molecule has 0 aliphatic carbocycles. The molecule has 1 amide bonds. The molecule has 0 saturated carbocycles. The van der Waals surface area contributed by atoms with Crippen molar-refractivity contribution in [1.82, 2.24) is 9.55 Å². The largest absolute Gasteiger partial charge is 0.406 e. The average molecular weight is 271 g/mol. The molecule has 0 atom stereocenters. The second-order valence-electron chi connectivity index (χ2n) is 4.28. The van der Waals surface area contributed by atoms with Gasteiger partial charge in [0.25, 0.3) is 0 Å². The number of H-pyrrole nitrogens is 1. The number of benzene rings is 1. The first kappa shape index (κ1) is 11.8. The molecule has 0 spiro atoms. The number of alkyl halides is 3. The fourth-order valence-electron chi connectivity index (χ4n) is 2.28. The Morgan fingerprint density at radius 2 is 2.00 bits per heavy atom. The van der Waals surface area contributed by atoms with E-state index in [1.165, 1.54) is 12.1 Å². The summed E-state index contributed by atoms with van der Waals surface area (Å²) in [6.07, 6.45) is -4.49. The molecule has 0 radical (unpaired) electrons. The fraction of sp³-hybridized carbons (Fsp3) is 0.273. The van der Waals surface area contributed by atoms with Crippen LogP contribution in [0.15, 0.2) is 23.0 Å². The fourth-order valence-corrected chi connectivity index (χ4v) is 2.28. The zero-order chi connectivity index (χ0) is 13.8. The summed E-state index contributed by atoms with van der Waals surface area (Å²) in [5.74, 6) is -0.751. The number of para-hydroxylation sites is 1. The van der Waals surface area contributed by atoms with E-state index in [0.717, 1.165) is 4.57 Å². The van der Waals surface area contributed by atoms with E-state index in [1.807, 2.05) is 0 Å². The highest BCUT2D eigenvalue weighted by Crippen LogP contribution is 2.31. The van der Waals surface area contributed by atoms with Gasteiger partial charge in [0.1, 0.15) is 13.1 Å². The number of aromatic nitrogens is 2. The van der Waals surface area contributed by atoms with Gasteiger partial charge in [-0.2, -0.15) is 13.2 Å². The SMILES string of the molecule is O=C1Cn2c(=O)[nH]c3cccc(c32)N1CC(F)(F)F. The molecule has 0 unspecified atom stereocenters. The number of carbonyl (C=O) groups excluding carboxylic acids is 1. The van der Waals surface area contributed by atoms with Crippen LogP contribution in [0.5, 0.6) is 0 Å². The molecule has 3 rings (SSSR count). The smallest absolute Gasteiger partial charge is 0.305 e. The number of rotatable bonds is 1. The van der Waals surface area contributed by atoms with E-state index >= 15 is 0 Å². The third-order valence-corrected chi connectivity index (χ3v) is 2.99. The number of nitrogens with zero attached hydrogens (tertiary/aromatic N) is 2. The van der Waals surface area contributed by atoms with E-state index in [-0.39, 0.29) is 12.2 Å². The third kappa shape index (κ3) is 1.79. The normalized spacial score (nSPS) is 15.3. The predicted molar refractivity (Wildman–Crippen MR) is 61.0 cm³/mol. The molecule has 1 aromatic heterocycles. The lowest BCUT2D eigenvalue weighted by atomic mass is 10.2. The van der Waals surface area contributed by atoms with Gasteiger partial charge in [0.05, 0.1) is 16.7 Å². The average Bonchev–Trinajstić information content (AvgIpc) is 2.61. The number of nitrogens with one attached hydrogen (secondary N) is 1. The molecule has 1 N–H and O–H groups in total. The first-order valence-corrected chi connectivity index (χ1v) is 5.45. The Morgan fingerprint density at radius 3 is 2.68 bits per heavy atom. The van der Waals surface area contributed by atoms with Gasteiger partial charge in [0.15, 0.2) is 0 Å². The van der Waals surface area contributed by atoms with Gasteiger partial charge in [-0.1, -0.05) is 6.07 Å². The molecule has 2 aromatic rings. The Kier molecular flexibility index (Phi) is 2.25. The van der Waals surface area contributed by atoms with Crippen molar-refractivity contribution < 1.29 is 18.0 Å². The molecule has 1 aliphatic rings. The van der Waals surface area contributed by atoms with E-state index in [2.05, 4.69) is 4.98 Å². The highest BCUT2D eigenvalue weighted by Gasteiger charge is 2.37. The molecule has 0 fully saturated rings. The van der Waals surface area contributed by atoms with Gasteiger partial charge < -0.3 is 4.98 Å². The molecule has 100 valence electrons. The summed E-state index contributed by atoms with van der Waals surface area (Å²) in [5, 5.41) is 0. The van der Waals surface area contributed by atoms with Crippen molar-refractivity contribution in [2.75, 3.05) is 11.4 Å². The van der Waals surface area contributed by atoms with Gasteiger partial charge in [-0.25, -0.2) is 4.79 Å². The van der Waals surface area contributed by atoms with E-state index in [4.69, 9.17) is 0 Å². The van der Waals surface area contributed by atoms with Gasteiger partial charge in [-0.3, -0.25) is 14.3 Å². The van der Waals surface area contributed by atoms with Crippen LogP contribution in [-0.4, -0.2) is 28.2 Å². The van der Waals surface area contributed by atoms with Crippen molar-refractivity contribution in [3.8, 4) is 0 Å². The van der Waals surface area contributed by atoms with Crippen molar-refractivity contribution in [1.29, 1.82) is 0 Å². The van der Waals surface area contributed by atoms with E-state index in [0.29, 0.717) is 15.9 Å². The van der Waals surface area contributed by atoms with Crippen LogP contribution in [0.25, 0.3) is 11.0 Å². The molecule has 0 bridgehead atoms. The maximum atomic E-state index is 12.5. The number of carbonyl (C=O) groups is 1. The summed E-state index contributed by atoms with van der Waals surface area (Å²) >= 11 is 0. The zero-order valence-electron chi connectivity index (χ0n) is 9.49. The maximum Gasteiger partial charge on any atom is 0.406 e. The van der Waals surface area contributed by atoms with Crippen LogP contribution in [0.1, 0.15) is 0 Å². The number of aromatic amines is 1. The number of hydrogen-bond acceptors (Lipinski definition) is 2. The summed E-state index contributed by atoms with van der Waals surface area (Å²) in [4.78, 5) is 26.6. The molecule has 5 nitrogen and oxygen atoms in total. The standard InChI is InChI=1S/C11H8F3N3O2/c12-11(13,14)5-17-7-3-1-2-6-9(7)16(4-8(17)18)10(19)15-6/h1-3H,4-5H2,(H,15,19). The second-order valence-corrected chi connectivity index (χ2v) is 4.28. The van der Waals surface area contributed by atoms with Crippen LogP contribution < -0.4 is 10.6 Å². The molecule has 8 heteroatoms. The van der Waals surface area contributed by atoms with Crippen LogP contribution >= 0.6 is 0 Å². The minimum absolute atomic E-state index is 0.101. The predicted octanol–water partition coefficient (Wildman–Crippen LogP) is 1.24. The molecular weight excluding hydrogens is 263 g/mol. The summed E-state index contributed by atoms with van der Waals surface area (Å²) in [6.45, 7) is -1.74. The minimum atomic E-state index is -4.49. The van der Waals surface area contributed by atoms with Gasteiger partial charge in [0, 0.05) is 0 Å². The van der Waals surface area contributed by atoms with Crippen LogP contribution in [-0.2, 0) is 11.3 Å². The quantitative estimate of drug-likeness (QED) is 0.848. The first-order valence-electron chi connectivity index (χ1n) is 5.45. The molecule has 1 aliphatic heterocycles. The summed E-state index contributed by atoms with van der Waals surface area (Å²) < 4.78 is 38.7. The monoisotopic (exact) mass is 271 g/mol. The van der Waals surface area contributed by atoms with Gasteiger partial charge in [0.2, 0.25) is 5.91 Å². The number of halogens is 3.